The van der Waals surface area contributed by atoms with Crippen molar-refractivity contribution >= 4 is 11.9 Å². The molecule has 1 heterocycles. The normalized spacial score (nSPS) is 16.2. The predicted molar refractivity (Wildman–Crippen MR) is 106 cm³/mol. The first-order valence-electron chi connectivity index (χ1n) is 9.92. The second-order valence-electron chi connectivity index (χ2n) is 7.83. The fourth-order valence-corrected chi connectivity index (χ4v) is 3.85. The molecule has 0 radical (unpaired) electrons. The third-order valence-corrected chi connectivity index (χ3v) is 5.79. The van der Waals surface area contributed by atoms with Crippen molar-refractivity contribution in [3.63, 3.8) is 0 Å². The zero-order valence-corrected chi connectivity index (χ0v) is 16.8. The number of carbonyl (C=O) groups is 2. The Hall–Kier alpha value is -2.66. The maximum atomic E-state index is 12.8. The number of piperazine rings is 1. The molecule has 0 saturated carbocycles. The summed E-state index contributed by atoms with van der Waals surface area (Å²) in [7, 11) is 0. The Labute approximate surface area is 166 Å². The van der Waals surface area contributed by atoms with Crippen molar-refractivity contribution in [1.29, 1.82) is 0 Å². The smallest absolute Gasteiger partial charge is 0.254 e. The van der Waals surface area contributed by atoms with Crippen LogP contribution in [-0.4, -0.2) is 43.0 Å². The monoisotopic (exact) mass is 380 g/mol. The molecule has 1 N–H and O–H groups in total. The van der Waals surface area contributed by atoms with Gasteiger partial charge in [0.2, 0.25) is 0 Å². The molecule has 1 fully saturated rings. The molecule has 5 nitrogen and oxygen atoms in total. The molecule has 28 heavy (non-hydrogen) atoms. The summed E-state index contributed by atoms with van der Waals surface area (Å²) in [5.41, 5.74) is 2.82. The number of hydrogen-bond donors (Lipinski definition) is 1. The van der Waals surface area contributed by atoms with Gasteiger partial charge < -0.3 is 19.7 Å². The Morgan fingerprint density at radius 2 is 1.43 bits per heavy atom. The molecule has 1 aliphatic rings. The van der Waals surface area contributed by atoms with Crippen LogP contribution in [-0.2, 0) is 0 Å². The topological polar surface area (TPSA) is 64.9 Å². The largest absolute Gasteiger partial charge is 0.545 e. The number of aromatic carboxylic acids is 1. The molecule has 1 atom stereocenters. The molecule has 2 aromatic rings. The van der Waals surface area contributed by atoms with Gasteiger partial charge in [-0.25, -0.2) is 0 Å². The summed E-state index contributed by atoms with van der Waals surface area (Å²) in [6, 6.07) is 15.5. The summed E-state index contributed by atoms with van der Waals surface area (Å²) >= 11 is 0. The molecule has 0 unspecified atom stereocenters. The zero-order valence-electron chi connectivity index (χ0n) is 16.8. The summed E-state index contributed by atoms with van der Waals surface area (Å²) in [5.74, 6) is -1.02. The Morgan fingerprint density at radius 1 is 0.893 bits per heavy atom. The van der Waals surface area contributed by atoms with E-state index in [1.807, 2.05) is 0 Å². The number of hydrogen-bond acceptors (Lipinski definition) is 3. The Morgan fingerprint density at radius 3 is 1.96 bits per heavy atom. The standard InChI is InChI=1S/C23H28N2O3/c1-16(2)18-8-10-19(11-9-18)17(3)24-12-14-25(15-13-24)22(26)20-6-4-5-7-21(20)23(27)28/h4-11,16-17H,12-15H2,1-3H3,(H,27,28)/t17-/m1/s1. The van der Waals surface area contributed by atoms with Crippen molar-refractivity contribution in [2.45, 2.75) is 32.7 Å². The molecule has 1 saturated heterocycles. The molecule has 0 spiro atoms. The first-order chi connectivity index (χ1) is 13.4. The van der Waals surface area contributed by atoms with Crippen LogP contribution in [0, 0.1) is 0 Å². The van der Waals surface area contributed by atoms with Crippen LogP contribution in [0.2, 0.25) is 0 Å². The third kappa shape index (κ3) is 4.25. The van der Waals surface area contributed by atoms with E-state index < -0.39 is 5.97 Å². The average molecular weight is 380 g/mol. The van der Waals surface area contributed by atoms with Gasteiger partial charge in [0.05, 0.1) is 32.1 Å². The molecule has 148 valence electrons. The number of amides is 1. The van der Waals surface area contributed by atoms with Crippen LogP contribution in [0.1, 0.15) is 64.6 Å². The number of quaternary nitrogens is 1. The summed E-state index contributed by atoms with van der Waals surface area (Å²) in [4.78, 5) is 27.3. The second-order valence-corrected chi connectivity index (χ2v) is 7.83. The molecule has 5 heteroatoms. The highest BCUT2D eigenvalue weighted by molar-refractivity contribution is 6.04. The minimum absolute atomic E-state index is 0.0408. The Kier molecular flexibility index (Phi) is 6.15. The first-order valence-corrected chi connectivity index (χ1v) is 9.92. The molecule has 3 rings (SSSR count). The van der Waals surface area contributed by atoms with Gasteiger partial charge in [-0.05, 0) is 24.5 Å². The quantitative estimate of drug-likeness (QED) is 0.850. The molecular formula is C23H28N2O3. The number of rotatable bonds is 5. The lowest BCUT2D eigenvalue weighted by Crippen LogP contribution is -3.14. The molecule has 2 aromatic carbocycles. The van der Waals surface area contributed by atoms with Gasteiger partial charge in [0, 0.05) is 16.7 Å². The fraction of sp³-hybridized carbons (Fsp3) is 0.391. The van der Waals surface area contributed by atoms with Crippen LogP contribution in [0.4, 0.5) is 0 Å². The minimum Gasteiger partial charge on any atom is -0.545 e. The van der Waals surface area contributed by atoms with Crippen LogP contribution in [0.3, 0.4) is 0 Å². The van der Waals surface area contributed by atoms with E-state index in [0.717, 1.165) is 13.1 Å². The van der Waals surface area contributed by atoms with Crippen molar-refractivity contribution in [2.24, 2.45) is 0 Å². The van der Waals surface area contributed by atoms with E-state index in [1.54, 1.807) is 23.1 Å². The average Bonchev–Trinajstić information content (AvgIpc) is 2.73. The number of carboxylic acid groups (broad SMARTS) is 1. The molecule has 0 bridgehead atoms. The third-order valence-electron chi connectivity index (χ3n) is 5.79. The maximum Gasteiger partial charge on any atom is 0.254 e. The van der Waals surface area contributed by atoms with Gasteiger partial charge in [-0.2, -0.15) is 0 Å². The molecular weight excluding hydrogens is 352 g/mol. The van der Waals surface area contributed by atoms with E-state index in [-0.39, 0.29) is 17.0 Å². The minimum atomic E-state index is -1.31. The van der Waals surface area contributed by atoms with Gasteiger partial charge in [0.1, 0.15) is 6.04 Å². The number of carbonyl (C=O) groups excluding carboxylic acids is 2. The van der Waals surface area contributed by atoms with E-state index in [0.29, 0.717) is 25.0 Å². The van der Waals surface area contributed by atoms with Crippen molar-refractivity contribution in [3.8, 4) is 0 Å². The number of carboxylic acids is 1. The number of benzene rings is 2. The highest BCUT2D eigenvalue weighted by Gasteiger charge is 2.29. The summed E-state index contributed by atoms with van der Waals surface area (Å²) in [5, 5.41) is 11.3. The van der Waals surface area contributed by atoms with E-state index >= 15 is 0 Å². The van der Waals surface area contributed by atoms with Gasteiger partial charge in [-0.3, -0.25) is 4.79 Å². The van der Waals surface area contributed by atoms with E-state index in [2.05, 4.69) is 45.0 Å². The van der Waals surface area contributed by atoms with Gasteiger partial charge in [-0.1, -0.05) is 56.3 Å². The van der Waals surface area contributed by atoms with Crippen molar-refractivity contribution in [1.82, 2.24) is 4.90 Å². The van der Waals surface area contributed by atoms with E-state index in [4.69, 9.17) is 0 Å². The second kappa shape index (κ2) is 8.57. The van der Waals surface area contributed by atoms with Crippen LogP contribution in [0.25, 0.3) is 0 Å². The van der Waals surface area contributed by atoms with E-state index in [9.17, 15) is 14.7 Å². The number of nitrogens with one attached hydrogen (secondary N) is 1. The summed E-state index contributed by atoms with van der Waals surface area (Å²) < 4.78 is 0. The van der Waals surface area contributed by atoms with E-state index in [1.165, 1.54) is 22.1 Å². The van der Waals surface area contributed by atoms with Crippen molar-refractivity contribution in [3.05, 3.63) is 70.8 Å². The molecule has 0 aliphatic carbocycles. The lowest BCUT2D eigenvalue weighted by atomic mass is 9.98. The summed E-state index contributed by atoms with van der Waals surface area (Å²) in [6.45, 7) is 9.52. The lowest BCUT2D eigenvalue weighted by Gasteiger charge is -2.36. The molecule has 0 aromatic heterocycles. The predicted octanol–water partition coefficient (Wildman–Crippen LogP) is 1.28. The van der Waals surface area contributed by atoms with Gasteiger partial charge in [0.25, 0.3) is 5.91 Å². The van der Waals surface area contributed by atoms with Crippen LogP contribution in [0.15, 0.2) is 48.5 Å². The van der Waals surface area contributed by atoms with Crippen molar-refractivity contribution < 1.29 is 19.6 Å². The Balaban J connectivity index is 1.64. The highest BCUT2D eigenvalue weighted by Crippen LogP contribution is 2.18. The zero-order chi connectivity index (χ0) is 20.3. The fourth-order valence-electron chi connectivity index (χ4n) is 3.85. The first kappa shape index (κ1) is 20.1. The number of nitrogens with zero attached hydrogens (tertiary/aromatic N) is 1. The van der Waals surface area contributed by atoms with Crippen LogP contribution < -0.4 is 10.0 Å². The van der Waals surface area contributed by atoms with Crippen LogP contribution in [0.5, 0.6) is 0 Å². The lowest BCUT2D eigenvalue weighted by molar-refractivity contribution is -0.933. The molecule has 1 aliphatic heterocycles. The van der Waals surface area contributed by atoms with Gasteiger partial charge in [-0.15, -0.1) is 0 Å². The SMILES string of the molecule is CC(C)c1ccc([C@@H](C)[NH+]2CCN(C(=O)c3ccccc3C(=O)[O-])CC2)cc1. The highest BCUT2D eigenvalue weighted by atomic mass is 16.4. The summed E-state index contributed by atoms with van der Waals surface area (Å²) in [6.07, 6.45) is 0. The van der Waals surface area contributed by atoms with Gasteiger partial charge >= 0.3 is 0 Å². The van der Waals surface area contributed by atoms with Gasteiger partial charge in [0.15, 0.2) is 0 Å². The van der Waals surface area contributed by atoms with Crippen molar-refractivity contribution in [2.75, 3.05) is 26.2 Å². The maximum absolute atomic E-state index is 12.8. The van der Waals surface area contributed by atoms with Crippen LogP contribution >= 0.6 is 0 Å². The molecule has 1 amide bonds. The Bertz CT molecular complexity index is 837.